The molecule has 0 aliphatic rings. The van der Waals surface area contributed by atoms with E-state index in [0.29, 0.717) is 0 Å². The molecule has 0 unspecified atom stereocenters. The minimum Gasteiger partial charge on any atom is -0.385 e. The molecule has 0 saturated heterocycles. The van der Waals surface area contributed by atoms with Crippen LogP contribution >= 0.6 is 0 Å². The van der Waals surface area contributed by atoms with Crippen LogP contribution in [0.25, 0.3) is 0 Å². The first-order chi connectivity index (χ1) is 15.9. The standard InChI is InChI=1S/C31H64O/c1-3-4-5-6-7-8-9-10-11-12-13-14-15-16-17-18-19-20-21-22-23-24-25-26-27-28-29-30-31-32-2/h3-31H2,1-2H3. The van der Waals surface area contributed by atoms with Crippen molar-refractivity contribution in [2.45, 2.75) is 187 Å². The molecule has 0 spiro atoms. The van der Waals surface area contributed by atoms with E-state index in [4.69, 9.17) is 4.74 Å². The van der Waals surface area contributed by atoms with Gasteiger partial charge in [-0.25, -0.2) is 0 Å². The van der Waals surface area contributed by atoms with Gasteiger partial charge in [-0.2, -0.15) is 0 Å². The second-order valence-corrected chi connectivity index (χ2v) is 10.5. The van der Waals surface area contributed by atoms with Crippen LogP contribution in [-0.4, -0.2) is 13.7 Å². The van der Waals surface area contributed by atoms with E-state index in [1.165, 1.54) is 180 Å². The monoisotopic (exact) mass is 452 g/mol. The van der Waals surface area contributed by atoms with Gasteiger partial charge >= 0.3 is 0 Å². The molecule has 0 amide bonds. The zero-order chi connectivity index (χ0) is 23.2. The molecule has 0 aliphatic heterocycles. The highest BCUT2D eigenvalue weighted by atomic mass is 16.5. The van der Waals surface area contributed by atoms with Gasteiger partial charge in [-0.05, 0) is 6.42 Å². The quantitative estimate of drug-likeness (QED) is 0.102. The van der Waals surface area contributed by atoms with Crippen LogP contribution in [0.3, 0.4) is 0 Å². The largest absolute Gasteiger partial charge is 0.385 e. The summed E-state index contributed by atoms with van der Waals surface area (Å²) < 4.78 is 5.10. The van der Waals surface area contributed by atoms with Crippen molar-refractivity contribution >= 4 is 0 Å². The second-order valence-electron chi connectivity index (χ2n) is 10.5. The lowest BCUT2D eigenvalue weighted by Crippen LogP contribution is -1.88. The zero-order valence-corrected chi connectivity index (χ0v) is 22.9. The molecule has 0 atom stereocenters. The fourth-order valence-corrected chi connectivity index (χ4v) is 4.92. The van der Waals surface area contributed by atoms with Crippen LogP contribution in [0.5, 0.6) is 0 Å². The van der Waals surface area contributed by atoms with Crippen molar-refractivity contribution in [3.63, 3.8) is 0 Å². The van der Waals surface area contributed by atoms with Crippen LogP contribution < -0.4 is 0 Å². The summed E-state index contributed by atoms with van der Waals surface area (Å²) in [4.78, 5) is 0. The number of hydrogen-bond donors (Lipinski definition) is 0. The van der Waals surface area contributed by atoms with E-state index in [1.54, 1.807) is 7.11 Å². The van der Waals surface area contributed by atoms with E-state index >= 15 is 0 Å². The van der Waals surface area contributed by atoms with Crippen molar-refractivity contribution in [2.75, 3.05) is 13.7 Å². The molecule has 1 nitrogen and oxygen atoms in total. The maximum Gasteiger partial charge on any atom is 0.0462 e. The molecule has 0 bridgehead atoms. The number of rotatable bonds is 29. The summed E-state index contributed by atoms with van der Waals surface area (Å²) in [7, 11) is 1.81. The number of unbranched alkanes of at least 4 members (excludes halogenated alkanes) is 27. The average Bonchev–Trinajstić information content (AvgIpc) is 2.81. The summed E-state index contributed by atoms with van der Waals surface area (Å²) in [6.45, 7) is 3.25. The molecule has 0 N–H and O–H groups in total. The Labute approximate surface area is 205 Å². The van der Waals surface area contributed by atoms with Crippen LogP contribution in [0.4, 0.5) is 0 Å². The van der Waals surface area contributed by atoms with Crippen LogP contribution in [0.1, 0.15) is 187 Å². The summed E-state index contributed by atoms with van der Waals surface area (Å²) in [5.74, 6) is 0. The Morgan fingerprint density at radius 2 is 0.469 bits per heavy atom. The molecule has 0 radical (unpaired) electrons. The highest BCUT2D eigenvalue weighted by molar-refractivity contribution is 4.52. The zero-order valence-electron chi connectivity index (χ0n) is 22.9. The highest BCUT2D eigenvalue weighted by Gasteiger charge is 1.96. The molecule has 194 valence electrons. The molecule has 0 aliphatic carbocycles. The summed E-state index contributed by atoms with van der Waals surface area (Å²) in [5.41, 5.74) is 0. The van der Waals surface area contributed by atoms with E-state index in [2.05, 4.69) is 6.92 Å². The predicted molar refractivity (Wildman–Crippen MR) is 147 cm³/mol. The van der Waals surface area contributed by atoms with Gasteiger partial charge in [-0.3, -0.25) is 0 Å². The van der Waals surface area contributed by atoms with Crippen molar-refractivity contribution in [1.82, 2.24) is 0 Å². The van der Waals surface area contributed by atoms with Gasteiger partial charge < -0.3 is 4.74 Å². The van der Waals surface area contributed by atoms with Gasteiger partial charge in [-0.15, -0.1) is 0 Å². The number of methoxy groups -OCH3 is 1. The van der Waals surface area contributed by atoms with Crippen LogP contribution in [0, 0.1) is 0 Å². The molecule has 0 aromatic heterocycles. The van der Waals surface area contributed by atoms with E-state index in [1.807, 2.05) is 0 Å². The van der Waals surface area contributed by atoms with Gasteiger partial charge in [0, 0.05) is 13.7 Å². The Bertz CT molecular complexity index is 271. The molecule has 0 aromatic carbocycles. The Kier molecular flexibility index (Phi) is 30.9. The van der Waals surface area contributed by atoms with E-state index in [9.17, 15) is 0 Å². The highest BCUT2D eigenvalue weighted by Crippen LogP contribution is 2.16. The molecule has 32 heavy (non-hydrogen) atoms. The maximum atomic E-state index is 5.10. The predicted octanol–water partition coefficient (Wildman–Crippen LogP) is 11.6. The maximum absolute atomic E-state index is 5.10. The topological polar surface area (TPSA) is 9.23 Å². The van der Waals surface area contributed by atoms with Gasteiger partial charge in [0.05, 0.1) is 0 Å². The molecule has 1 heteroatoms. The van der Waals surface area contributed by atoms with Crippen LogP contribution in [0.2, 0.25) is 0 Å². The molecule has 0 heterocycles. The van der Waals surface area contributed by atoms with Gasteiger partial charge in [0.1, 0.15) is 0 Å². The van der Waals surface area contributed by atoms with Crippen molar-refractivity contribution in [3.8, 4) is 0 Å². The normalized spacial score (nSPS) is 11.4. The molecule has 0 saturated carbocycles. The van der Waals surface area contributed by atoms with Gasteiger partial charge in [0.25, 0.3) is 0 Å². The Morgan fingerprint density at radius 1 is 0.281 bits per heavy atom. The lowest BCUT2D eigenvalue weighted by atomic mass is 10.0. The van der Waals surface area contributed by atoms with E-state index in [-0.39, 0.29) is 0 Å². The lowest BCUT2D eigenvalue weighted by molar-refractivity contribution is 0.192. The molecule has 0 fully saturated rings. The van der Waals surface area contributed by atoms with E-state index < -0.39 is 0 Å². The number of ether oxygens (including phenoxy) is 1. The van der Waals surface area contributed by atoms with Crippen molar-refractivity contribution in [1.29, 1.82) is 0 Å². The molecule has 0 rings (SSSR count). The molecular formula is C31H64O. The average molecular weight is 453 g/mol. The molecular weight excluding hydrogens is 388 g/mol. The first kappa shape index (κ1) is 32.0. The Hall–Kier alpha value is -0.0400. The van der Waals surface area contributed by atoms with Crippen LogP contribution in [-0.2, 0) is 4.74 Å². The van der Waals surface area contributed by atoms with Crippen molar-refractivity contribution in [2.24, 2.45) is 0 Å². The lowest BCUT2D eigenvalue weighted by Gasteiger charge is -2.04. The van der Waals surface area contributed by atoms with Gasteiger partial charge in [0.15, 0.2) is 0 Å². The third-order valence-electron chi connectivity index (χ3n) is 7.20. The second kappa shape index (κ2) is 31.0. The summed E-state index contributed by atoms with van der Waals surface area (Å²) >= 11 is 0. The van der Waals surface area contributed by atoms with Gasteiger partial charge in [0.2, 0.25) is 0 Å². The smallest absolute Gasteiger partial charge is 0.0462 e. The SMILES string of the molecule is CCCCCCCCCCCCCCCCCCCCCCCCCCCCCCOC. The van der Waals surface area contributed by atoms with Crippen molar-refractivity contribution in [3.05, 3.63) is 0 Å². The summed E-state index contributed by atoms with van der Waals surface area (Å²) in [6, 6.07) is 0. The fourth-order valence-electron chi connectivity index (χ4n) is 4.92. The minimum absolute atomic E-state index is 0.944. The minimum atomic E-state index is 0.944. The Balaban J connectivity index is 2.98. The summed E-state index contributed by atoms with van der Waals surface area (Å²) in [5, 5.41) is 0. The summed E-state index contributed by atoms with van der Waals surface area (Å²) in [6.07, 6.45) is 40.8. The third kappa shape index (κ3) is 30.0. The Morgan fingerprint density at radius 3 is 0.656 bits per heavy atom. The van der Waals surface area contributed by atoms with Crippen LogP contribution in [0.15, 0.2) is 0 Å². The third-order valence-corrected chi connectivity index (χ3v) is 7.20. The van der Waals surface area contributed by atoms with Gasteiger partial charge in [-0.1, -0.05) is 180 Å². The fraction of sp³-hybridized carbons (Fsp3) is 1.00. The first-order valence-electron chi connectivity index (χ1n) is 15.4. The van der Waals surface area contributed by atoms with Crippen molar-refractivity contribution < 1.29 is 4.74 Å². The molecule has 0 aromatic rings. The van der Waals surface area contributed by atoms with E-state index in [0.717, 1.165) is 6.61 Å². The number of hydrogen-bond acceptors (Lipinski definition) is 1. The first-order valence-corrected chi connectivity index (χ1v) is 15.4.